The summed E-state index contributed by atoms with van der Waals surface area (Å²) in [6, 6.07) is 19.7. The van der Waals surface area contributed by atoms with E-state index in [1.807, 2.05) is 60.7 Å². The Morgan fingerprint density at radius 2 is 1.84 bits per heavy atom. The van der Waals surface area contributed by atoms with E-state index in [-0.39, 0.29) is 12.5 Å². The van der Waals surface area contributed by atoms with E-state index < -0.39 is 0 Å². The Hall–Kier alpha value is -2.33. The van der Waals surface area contributed by atoms with Crippen molar-refractivity contribution in [3.05, 3.63) is 70.7 Å². The third-order valence-electron chi connectivity index (χ3n) is 4.02. The van der Waals surface area contributed by atoms with E-state index in [1.54, 1.807) is 0 Å². The van der Waals surface area contributed by atoms with Crippen LogP contribution in [0.15, 0.2) is 65.1 Å². The highest BCUT2D eigenvalue weighted by Crippen LogP contribution is 2.29. The van der Waals surface area contributed by atoms with Gasteiger partial charge in [0.25, 0.3) is 5.91 Å². The Morgan fingerprint density at radius 3 is 2.64 bits per heavy atom. The fourth-order valence-electron chi connectivity index (χ4n) is 2.77. The molecule has 0 saturated carbocycles. The van der Waals surface area contributed by atoms with Crippen molar-refractivity contribution < 1.29 is 9.53 Å². The van der Waals surface area contributed by atoms with Crippen molar-refractivity contribution in [3.63, 3.8) is 0 Å². The average molecular weight is 398 g/mol. The number of amides is 1. The van der Waals surface area contributed by atoms with Crippen molar-refractivity contribution in [2.75, 3.05) is 11.9 Å². The largest absolute Gasteiger partial charge is 0.483 e. The van der Waals surface area contributed by atoms with Crippen LogP contribution in [0.5, 0.6) is 5.75 Å². The first-order valence-corrected chi connectivity index (χ1v) is 9.04. The van der Waals surface area contributed by atoms with Crippen molar-refractivity contribution in [3.8, 4) is 5.75 Å². The number of ether oxygens (including phenoxy) is 1. The average Bonchev–Trinajstić information content (AvgIpc) is 2.61. The van der Waals surface area contributed by atoms with Gasteiger partial charge in [-0.05, 0) is 41.1 Å². The summed E-state index contributed by atoms with van der Waals surface area (Å²) in [5.41, 5.74) is 1.87. The molecule has 3 nitrogen and oxygen atoms in total. The van der Waals surface area contributed by atoms with Crippen molar-refractivity contribution in [2.24, 2.45) is 0 Å². The Balaban J connectivity index is 1.71. The number of rotatable bonds is 5. The van der Waals surface area contributed by atoms with Gasteiger partial charge in [0, 0.05) is 15.5 Å². The van der Waals surface area contributed by atoms with Gasteiger partial charge in [-0.3, -0.25) is 4.79 Å². The van der Waals surface area contributed by atoms with Crippen LogP contribution in [0.4, 0.5) is 5.69 Å². The molecule has 0 saturated heterocycles. The smallest absolute Gasteiger partial charge is 0.262 e. The summed E-state index contributed by atoms with van der Waals surface area (Å²) in [5.74, 6) is 0.883. The summed E-state index contributed by atoms with van der Waals surface area (Å²) in [7, 11) is 0. The maximum Gasteiger partial charge on any atom is 0.262 e. The third kappa shape index (κ3) is 4.20. The highest BCUT2D eigenvalue weighted by atomic mass is 79.9. The number of anilines is 1. The van der Waals surface area contributed by atoms with Gasteiger partial charge in [0.2, 0.25) is 0 Å². The number of hydrogen-bond donors (Lipinski definition) is 1. The number of benzene rings is 3. The quantitative estimate of drug-likeness (QED) is 0.595. The highest BCUT2D eigenvalue weighted by molar-refractivity contribution is 9.10. The Kier molecular flexibility index (Phi) is 5.39. The summed E-state index contributed by atoms with van der Waals surface area (Å²) in [6.07, 6.45) is 0. The van der Waals surface area contributed by atoms with Crippen molar-refractivity contribution in [1.82, 2.24) is 0 Å². The van der Waals surface area contributed by atoms with E-state index in [0.29, 0.717) is 5.92 Å². The number of halogens is 1. The van der Waals surface area contributed by atoms with E-state index in [2.05, 4.69) is 35.1 Å². The molecule has 0 bridgehead atoms. The molecule has 0 aliphatic heterocycles. The summed E-state index contributed by atoms with van der Waals surface area (Å²) in [6.45, 7) is 4.18. The van der Waals surface area contributed by atoms with Crippen LogP contribution in [0.3, 0.4) is 0 Å². The van der Waals surface area contributed by atoms with Crippen LogP contribution in [0, 0.1) is 0 Å². The fourth-order valence-corrected chi connectivity index (χ4v) is 3.14. The maximum atomic E-state index is 12.3. The van der Waals surface area contributed by atoms with Crippen LogP contribution >= 0.6 is 15.9 Å². The van der Waals surface area contributed by atoms with Crippen molar-refractivity contribution >= 4 is 38.3 Å². The first-order chi connectivity index (χ1) is 12.0. The van der Waals surface area contributed by atoms with Crippen molar-refractivity contribution in [1.29, 1.82) is 0 Å². The molecule has 0 fully saturated rings. The molecule has 3 rings (SSSR count). The van der Waals surface area contributed by atoms with Gasteiger partial charge in [0.05, 0.1) is 0 Å². The normalized spacial score (nSPS) is 10.9. The van der Waals surface area contributed by atoms with Crippen molar-refractivity contribution in [2.45, 2.75) is 19.8 Å². The number of nitrogens with one attached hydrogen (secondary N) is 1. The van der Waals surface area contributed by atoms with Gasteiger partial charge >= 0.3 is 0 Å². The molecule has 0 aliphatic rings. The van der Waals surface area contributed by atoms with Gasteiger partial charge in [-0.25, -0.2) is 0 Å². The van der Waals surface area contributed by atoms with E-state index >= 15 is 0 Å². The second kappa shape index (κ2) is 7.70. The van der Waals surface area contributed by atoms with Crippen LogP contribution in [-0.4, -0.2) is 12.5 Å². The molecule has 3 aromatic carbocycles. The van der Waals surface area contributed by atoms with Crippen LogP contribution in [0.25, 0.3) is 10.8 Å². The van der Waals surface area contributed by atoms with E-state index in [1.165, 1.54) is 0 Å². The molecule has 4 heteroatoms. The lowest BCUT2D eigenvalue weighted by Crippen LogP contribution is -2.20. The first kappa shape index (κ1) is 17.5. The Morgan fingerprint density at radius 1 is 1.08 bits per heavy atom. The predicted octanol–water partition coefficient (Wildman–Crippen LogP) is 5.74. The molecule has 0 aromatic heterocycles. The van der Waals surface area contributed by atoms with Gasteiger partial charge in [-0.1, -0.05) is 66.2 Å². The molecule has 0 unspecified atom stereocenters. The lowest BCUT2D eigenvalue weighted by molar-refractivity contribution is -0.118. The van der Waals surface area contributed by atoms with E-state index in [4.69, 9.17) is 4.74 Å². The highest BCUT2D eigenvalue weighted by Gasteiger charge is 2.11. The van der Waals surface area contributed by atoms with E-state index in [0.717, 1.165) is 32.2 Å². The Bertz CT molecular complexity index is 900. The molecule has 3 aromatic rings. The molecule has 1 amide bonds. The zero-order valence-electron chi connectivity index (χ0n) is 14.3. The first-order valence-electron chi connectivity index (χ1n) is 8.24. The monoisotopic (exact) mass is 397 g/mol. The minimum Gasteiger partial charge on any atom is -0.483 e. The minimum absolute atomic E-state index is 0.0232. The molecule has 0 atom stereocenters. The zero-order valence-corrected chi connectivity index (χ0v) is 15.8. The molecule has 0 aliphatic carbocycles. The Labute approximate surface area is 156 Å². The minimum atomic E-state index is -0.172. The molecule has 25 heavy (non-hydrogen) atoms. The predicted molar refractivity (Wildman–Crippen MR) is 106 cm³/mol. The van der Waals surface area contributed by atoms with Gasteiger partial charge in [0.15, 0.2) is 6.61 Å². The lowest BCUT2D eigenvalue weighted by atomic mass is 10.0. The summed E-state index contributed by atoms with van der Waals surface area (Å²) < 4.78 is 6.77. The van der Waals surface area contributed by atoms with Gasteiger partial charge in [0.1, 0.15) is 5.75 Å². The molecular weight excluding hydrogens is 378 g/mol. The van der Waals surface area contributed by atoms with Gasteiger partial charge < -0.3 is 10.1 Å². The number of carbonyl (C=O) groups excluding carboxylic acids is 1. The molecule has 0 radical (unpaired) electrons. The molecule has 0 spiro atoms. The second-order valence-corrected chi connectivity index (χ2v) is 7.12. The van der Waals surface area contributed by atoms with Gasteiger partial charge in [-0.15, -0.1) is 0 Å². The molecule has 1 N–H and O–H groups in total. The molecular formula is C21H20BrNO2. The summed E-state index contributed by atoms with van der Waals surface area (Å²) in [5, 5.41) is 5.05. The molecule has 128 valence electrons. The zero-order chi connectivity index (χ0) is 17.8. The molecule has 0 heterocycles. The maximum absolute atomic E-state index is 12.3. The topological polar surface area (TPSA) is 38.3 Å². The standard InChI is InChI=1S/C21H20BrNO2/c1-14(2)18-12-16(22)10-11-20(18)25-13-21(24)23-19-9-5-7-15-6-3-4-8-17(15)19/h3-12,14H,13H2,1-2H3,(H,23,24). The van der Waals surface area contributed by atoms with Crippen LogP contribution in [-0.2, 0) is 4.79 Å². The second-order valence-electron chi connectivity index (χ2n) is 6.20. The SMILES string of the molecule is CC(C)c1cc(Br)ccc1OCC(=O)Nc1cccc2ccccc12. The summed E-state index contributed by atoms with van der Waals surface area (Å²) >= 11 is 3.48. The van der Waals surface area contributed by atoms with Crippen LogP contribution < -0.4 is 10.1 Å². The van der Waals surface area contributed by atoms with Crippen LogP contribution in [0.2, 0.25) is 0 Å². The lowest BCUT2D eigenvalue weighted by Gasteiger charge is -2.15. The van der Waals surface area contributed by atoms with Crippen LogP contribution in [0.1, 0.15) is 25.3 Å². The summed E-state index contributed by atoms with van der Waals surface area (Å²) in [4.78, 5) is 12.3. The van der Waals surface area contributed by atoms with Gasteiger partial charge in [-0.2, -0.15) is 0 Å². The van der Waals surface area contributed by atoms with E-state index in [9.17, 15) is 4.79 Å². The fraction of sp³-hybridized carbons (Fsp3) is 0.190. The number of hydrogen-bond acceptors (Lipinski definition) is 2. The number of carbonyl (C=O) groups is 1. The third-order valence-corrected chi connectivity index (χ3v) is 4.51. The number of fused-ring (bicyclic) bond motifs is 1.